The molecule has 0 aliphatic carbocycles. The molecule has 3 nitrogen and oxygen atoms in total. The largest absolute Gasteiger partial charge is 0.369 e. The maximum Gasteiger partial charge on any atom is 0.224 e. The van der Waals surface area contributed by atoms with E-state index >= 15 is 0 Å². The van der Waals surface area contributed by atoms with E-state index in [2.05, 4.69) is 60.9 Å². The molecule has 0 aromatic heterocycles. The van der Waals surface area contributed by atoms with Gasteiger partial charge in [-0.15, -0.1) is 6.58 Å². The summed E-state index contributed by atoms with van der Waals surface area (Å²) in [5, 5.41) is 2.59. The number of hydrogen-bond donors (Lipinski definition) is 1. The average Bonchev–Trinajstić information content (AvgIpc) is 2.61. The predicted molar refractivity (Wildman–Crippen MR) is 99.6 cm³/mol. The highest BCUT2D eigenvalue weighted by atomic mass is 16.1. The summed E-state index contributed by atoms with van der Waals surface area (Å²) in [6.45, 7) is 7.83. The minimum Gasteiger partial charge on any atom is -0.369 e. The van der Waals surface area contributed by atoms with E-state index in [0.29, 0.717) is 12.5 Å². The first kappa shape index (κ1) is 16.7. The van der Waals surface area contributed by atoms with E-state index in [9.17, 15) is 4.79 Å². The number of amides is 1. The highest BCUT2D eigenvalue weighted by Gasteiger charge is 2.39. The van der Waals surface area contributed by atoms with Crippen LogP contribution < -0.4 is 5.73 Å². The molecule has 1 heterocycles. The fourth-order valence-electron chi connectivity index (χ4n) is 3.98. The molecule has 2 aromatic rings. The van der Waals surface area contributed by atoms with Gasteiger partial charge in [0.05, 0.1) is 5.41 Å². The Hall–Kier alpha value is -2.13. The minimum atomic E-state index is -0.406. The van der Waals surface area contributed by atoms with Crippen LogP contribution in [0, 0.1) is 5.41 Å². The van der Waals surface area contributed by atoms with E-state index in [1.165, 1.54) is 16.3 Å². The number of piperidine rings is 1. The van der Waals surface area contributed by atoms with Crippen molar-refractivity contribution in [3.05, 3.63) is 60.7 Å². The van der Waals surface area contributed by atoms with Crippen LogP contribution in [0.25, 0.3) is 10.8 Å². The van der Waals surface area contributed by atoms with Crippen molar-refractivity contribution in [1.82, 2.24) is 4.90 Å². The number of nitrogens with two attached hydrogens (primary N) is 1. The fraction of sp³-hybridized carbons (Fsp3) is 0.381. The molecule has 1 unspecified atom stereocenters. The van der Waals surface area contributed by atoms with Gasteiger partial charge in [0.25, 0.3) is 0 Å². The van der Waals surface area contributed by atoms with Crippen LogP contribution in [0.1, 0.15) is 37.8 Å². The fourth-order valence-corrected chi connectivity index (χ4v) is 3.98. The first-order valence-corrected chi connectivity index (χ1v) is 8.70. The quantitative estimate of drug-likeness (QED) is 0.844. The van der Waals surface area contributed by atoms with Crippen molar-refractivity contribution in [1.29, 1.82) is 0 Å². The molecule has 3 rings (SSSR count). The second kappa shape index (κ2) is 6.78. The molecule has 2 aromatic carbocycles. The summed E-state index contributed by atoms with van der Waals surface area (Å²) in [7, 11) is 0. The zero-order chi connectivity index (χ0) is 17.2. The van der Waals surface area contributed by atoms with Crippen LogP contribution >= 0.6 is 0 Å². The van der Waals surface area contributed by atoms with E-state index in [1.807, 2.05) is 6.08 Å². The molecule has 0 spiro atoms. The maximum absolute atomic E-state index is 11.9. The molecule has 126 valence electrons. The number of hydrogen-bond acceptors (Lipinski definition) is 2. The van der Waals surface area contributed by atoms with Crippen molar-refractivity contribution in [2.45, 2.75) is 32.2 Å². The van der Waals surface area contributed by atoms with Gasteiger partial charge in [-0.1, -0.05) is 48.5 Å². The van der Waals surface area contributed by atoms with E-state index in [1.54, 1.807) is 0 Å². The number of carbonyl (C=O) groups excluding carboxylic acids is 1. The van der Waals surface area contributed by atoms with Crippen LogP contribution in [0.4, 0.5) is 0 Å². The lowest BCUT2D eigenvalue weighted by Crippen LogP contribution is -2.47. The maximum atomic E-state index is 11.9. The molecular weight excluding hydrogens is 296 g/mol. The van der Waals surface area contributed by atoms with Crippen LogP contribution in [0.2, 0.25) is 0 Å². The van der Waals surface area contributed by atoms with Crippen molar-refractivity contribution in [3.63, 3.8) is 0 Å². The predicted octanol–water partition coefficient (Wildman–Crippen LogP) is 4.04. The van der Waals surface area contributed by atoms with Crippen molar-refractivity contribution in [3.8, 4) is 0 Å². The number of likely N-dealkylation sites (tertiary alicyclic amines) is 1. The second-order valence-electron chi connectivity index (χ2n) is 6.92. The lowest BCUT2D eigenvalue weighted by atomic mass is 9.74. The Balaban J connectivity index is 1.81. The van der Waals surface area contributed by atoms with E-state index in [4.69, 9.17) is 5.73 Å². The molecule has 1 saturated heterocycles. The molecule has 1 aliphatic rings. The van der Waals surface area contributed by atoms with Crippen LogP contribution in [0.15, 0.2) is 55.1 Å². The highest BCUT2D eigenvalue weighted by molar-refractivity contribution is 5.86. The van der Waals surface area contributed by atoms with Gasteiger partial charge >= 0.3 is 0 Å². The third-order valence-corrected chi connectivity index (χ3v) is 5.63. The van der Waals surface area contributed by atoms with Gasteiger partial charge in [-0.05, 0) is 55.6 Å². The number of primary amides is 1. The van der Waals surface area contributed by atoms with Gasteiger partial charge < -0.3 is 5.73 Å². The third kappa shape index (κ3) is 2.96. The second-order valence-corrected chi connectivity index (χ2v) is 6.92. The van der Waals surface area contributed by atoms with Gasteiger partial charge in [-0.3, -0.25) is 9.69 Å². The highest BCUT2D eigenvalue weighted by Crippen LogP contribution is 2.38. The summed E-state index contributed by atoms with van der Waals surface area (Å²) < 4.78 is 0. The Labute approximate surface area is 144 Å². The van der Waals surface area contributed by atoms with Crippen LogP contribution in [-0.2, 0) is 4.79 Å². The molecule has 0 bridgehead atoms. The molecule has 2 N–H and O–H groups in total. The van der Waals surface area contributed by atoms with Crippen molar-refractivity contribution in [2.75, 3.05) is 13.1 Å². The summed E-state index contributed by atoms with van der Waals surface area (Å²) in [6, 6.07) is 15.3. The topological polar surface area (TPSA) is 46.3 Å². The molecule has 24 heavy (non-hydrogen) atoms. The SMILES string of the molecule is C=CCC1(C(N)=O)CCN(C(C)c2cccc3ccccc23)CC1. The normalized spacial score (nSPS) is 19.0. The van der Waals surface area contributed by atoms with Crippen molar-refractivity contribution < 1.29 is 4.79 Å². The standard InChI is InChI=1S/C21H26N2O/c1-3-11-21(20(22)24)12-14-23(15-13-21)16(2)18-10-6-8-17-7-4-5-9-19(17)18/h3-10,16H,1,11-15H2,2H3,(H2,22,24). The van der Waals surface area contributed by atoms with Gasteiger partial charge in [0, 0.05) is 6.04 Å². The summed E-state index contributed by atoms with van der Waals surface area (Å²) in [5.41, 5.74) is 6.63. The van der Waals surface area contributed by atoms with E-state index in [0.717, 1.165) is 25.9 Å². The lowest BCUT2D eigenvalue weighted by molar-refractivity contribution is -0.130. The Kier molecular flexibility index (Phi) is 4.72. The molecule has 1 atom stereocenters. The Morgan fingerprint density at radius 2 is 1.92 bits per heavy atom. The van der Waals surface area contributed by atoms with Crippen LogP contribution in [-0.4, -0.2) is 23.9 Å². The zero-order valence-corrected chi connectivity index (χ0v) is 14.4. The number of carbonyl (C=O) groups is 1. The van der Waals surface area contributed by atoms with Gasteiger partial charge in [0.2, 0.25) is 5.91 Å². The summed E-state index contributed by atoms with van der Waals surface area (Å²) >= 11 is 0. The number of rotatable bonds is 5. The molecule has 0 saturated carbocycles. The van der Waals surface area contributed by atoms with E-state index in [-0.39, 0.29) is 5.91 Å². The van der Waals surface area contributed by atoms with Gasteiger partial charge in [-0.2, -0.15) is 0 Å². The van der Waals surface area contributed by atoms with E-state index < -0.39 is 5.41 Å². The summed E-state index contributed by atoms with van der Waals surface area (Å²) in [5.74, 6) is -0.181. The Morgan fingerprint density at radius 1 is 1.25 bits per heavy atom. The number of nitrogens with zero attached hydrogens (tertiary/aromatic N) is 1. The number of fused-ring (bicyclic) bond motifs is 1. The molecule has 1 amide bonds. The molecule has 1 aliphatic heterocycles. The number of benzene rings is 2. The monoisotopic (exact) mass is 322 g/mol. The first-order chi connectivity index (χ1) is 11.6. The Morgan fingerprint density at radius 3 is 2.58 bits per heavy atom. The number of allylic oxidation sites excluding steroid dienone is 1. The smallest absolute Gasteiger partial charge is 0.224 e. The zero-order valence-electron chi connectivity index (χ0n) is 14.4. The minimum absolute atomic E-state index is 0.181. The van der Waals surface area contributed by atoms with Crippen LogP contribution in [0.3, 0.4) is 0 Å². The van der Waals surface area contributed by atoms with Crippen molar-refractivity contribution >= 4 is 16.7 Å². The van der Waals surface area contributed by atoms with Gasteiger partial charge in [-0.25, -0.2) is 0 Å². The average molecular weight is 322 g/mol. The van der Waals surface area contributed by atoms with Crippen LogP contribution in [0.5, 0.6) is 0 Å². The summed E-state index contributed by atoms with van der Waals surface area (Å²) in [4.78, 5) is 14.4. The van der Waals surface area contributed by atoms with Crippen molar-refractivity contribution in [2.24, 2.45) is 11.1 Å². The van der Waals surface area contributed by atoms with Gasteiger partial charge in [0.15, 0.2) is 0 Å². The molecular formula is C21H26N2O. The first-order valence-electron chi connectivity index (χ1n) is 8.70. The van der Waals surface area contributed by atoms with Gasteiger partial charge in [0.1, 0.15) is 0 Å². The molecule has 3 heteroatoms. The Bertz CT molecular complexity index is 739. The lowest BCUT2D eigenvalue weighted by Gasteiger charge is -2.42. The third-order valence-electron chi connectivity index (χ3n) is 5.63. The summed E-state index contributed by atoms with van der Waals surface area (Å²) in [6.07, 6.45) is 4.13. The molecule has 1 fully saturated rings. The molecule has 0 radical (unpaired) electrons.